The Labute approximate surface area is 125 Å². The van der Waals surface area contributed by atoms with E-state index >= 15 is 0 Å². The Morgan fingerprint density at radius 3 is 2.33 bits per heavy atom. The molecule has 0 N–H and O–H groups in total. The molecule has 5 heteroatoms. The van der Waals surface area contributed by atoms with Gasteiger partial charge >= 0.3 is 0 Å². The van der Waals surface area contributed by atoms with Crippen LogP contribution in [0, 0.1) is 5.92 Å². The molecule has 116 valence electrons. The summed E-state index contributed by atoms with van der Waals surface area (Å²) >= 11 is 0. The van der Waals surface area contributed by atoms with Crippen molar-refractivity contribution >= 4 is 11.1 Å². The largest absolute Gasteiger partial charge is 0.335 e. The second kappa shape index (κ2) is 5.28. The van der Waals surface area contributed by atoms with Gasteiger partial charge in [-0.2, -0.15) is 4.98 Å². The molecule has 0 bridgehead atoms. The first-order valence-electron chi connectivity index (χ1n) is 7.59. The maximum absolute atomic E-state index is 12.9. The molecule has 2 rings (SSSR count). The standard InChI is InChI=1S/C16H25N3O2/c1-8-19-13(10(4)9(2)3)17-14-11(15(19)20)12(18-21-14)16(5,6)7/h9-10H,8H2,1-7H3. The number of rotatable bonds is 3. The lowest BCUT2D eigenvalue weighted by molar-refractivity contribution is 0.410. The molecule has 1 unspecified atom stereocenters. The third-order valence-electron chi connectivity index (χ3n) is 4.06. The predicted octanol–water partition coefficient (Wildman–Crippen LogP) is 3.46. The van der Waals surface area contributed by atoms with Crippen LogP contribution in [0.25, 0.3) is 11.1 Å². The third-order valence-corrected chi connectivity index (χ3v) is 4.06. The van der Waals surface area contributed by atoms with E-state index in [4.69, 9.17) is 4.52 Å². The summed E-state index contributed by atoms with van der Waals surface area (Å²) in [5.41, 5.74) is 0.747. The van der Waals surface area contributed by atoms with Crippen molar-refractivity contribution in [3.63, 3.8) is 0 Å². The molecule has 0 spiro atoms. The molecule has 0 aliphatic heterocycles. The van der Waals surface area contributed by atoms with E-state index in [1.165, 1.54) is 0 Å². The molecule has 0 aromatic carbocycles. The van der Waals surface area contributed by atoms with Crippen LogP contribution in [0.15, 0.2) is 9.32 Å². The summed E-state index contributed by atoms with van der Waals surface area (Å²) in [5.74, 6) is 1.36. The lowest BCUT2D eigenvalue weighted by atomic mass is 9.90. The number of hydrogen-bond donors (Lipinski definition) is 0. The first-order chi connectivity index (χ1) is 9.68. The highest BCUT2D eigenvalue weighted by Gasteiger charge is 2.28. The average Bonchev–Trinajstić information content (AvgIpc) is 2.81. The Bertz CT molecular complexity index is 705. The molecule has 5 nitrogen and oxygen atoms in total. The Balaban J connectivity index is 2.81. The van der Waals surface area contributed by atoms with Crippen LogP contribution in [0.3, 0.4) is 0 Å². The highest BCUT2D eigenvalue weighted by molar-refractivity contribution is 5.76. The quantitative estimate of drug-likeness (QED) is 0.869. The monoisotopic (exact) mass is 291 g/mol. The average molecular weight is 291 g/mol. The molecule has 0 radical (unpaired) electrons. The van der Waals surface area contributed by atoms with Crippen molar-refractivity contribution in [2.75, 3.05) is 0 Å². The van der Waals surface area contributed by atoms with Crippen LogP contribution >= 0.6 is 0 Å². The number of fused-ring (bicyclic) bond motifs is 1. The summed E-state index contributed by atoms with van der Waals surface area (Å²) < 4.78 is 7.10. The molecule has 0 aliphatic carbocycles. The Hall–Kier alpha value is -1.65. The molecule has 0 fully saturated rings. The van der Waals surface area contributed by atoms with E-state index in [9.17, 15) is 4.79 Å². The molecule has 0 amide bonds. The fourth-order valence-corrected chi connectivity index (χ4v) is 2.42. The third kappa shape index (κ3) is 2.61. The van der Waals surface area contributed by atoms with Crippen LogP contribution in [-0.4, -0.2) is 14.7 Å². The normalized spacial score (nSPS) is 14.1. The molecule has 2 aromatic heterocycles. The summed E-state index contributed by atoms with van der Waals surface area (Å²) in [5, 5.41) is 4.61. The van der Waals surface area contributed by atoms with E-state index < -0.39 is 0 Å². The second-order valence-corrected chi connectivity index (χ2v) is 7.01. The minimum Gasteiger partial charge on any atom is -0.335 e. The molecule has 21 heavy (non-hydrogen) atoms. The summed E-state index contributed by atoms with van der Waals surface area (Å²) in [6.07, 6.45) is 0. The van der Waals surface area contributed by atoms with Gasteiger partial charge in [-0.05, 0) is 12.8 Å². The summed E-state index contributed by atoms with van der Waals surface area (Å²) in [6.45, 7) is 15.0. The number of aromatic nitrogens is 3. The van der Waals surface area contributed by atoms with Gasteiger partial charge in [0, 0.05) is 17.9 Å². The Morgan fingerprint density at radius 2 is 1.86 bits per heavy atom. The smallest absolute Gasteiger partial charge is 0.266 e. The van der Waals surface area contributed by atoms with Crippen molar-refractivity contribution in [2.45, 2.75) is 66.3 Å². The lowest BCUT2D eigenvalue weighted by Gasteiger charge is -2.19. The second-order valence-electron chi connectivity index (χ2n) is 7.01. The van der Waals surface area contributed by atoms with Gasteiger partial charge in [-0.3, -0.25) is 9.36 Å². The van der Waals surface area contributed by atoms with E-state index in [0.717, 1.165) is 5.82 Å². The minimum atomic E-state index is -0.247. The van der Waals surface area contributed by atoms with Crippen molar-refractivity contribution in [3.05, 3.63) is 21.9 Å². The van der Waals surface area contributed by atoms with Gasteiger partial charge < -0.3 is 4.52 Å². The maximum atomic E-state index is 12.9. The molecule has 1 atom stereocenters. The van der Waals surface area contributed by atoms with Crippen LogP contribution in [0.2, 0.25) is 0 Å². The highest BCUT2D eigenvalue weighted by atomic mass is 16.5. The van der Waals surface area contributed by atoms with Crippen molar-refractivity contribution in [3.8, 4) is 0 Å². The summed E-state index contributed by atoms with van der Waals surface area (Å²) in [4.78, 5) is 17.5. The van der Waals surface area contributed by atoms with Gasteiger partial charge in [0.2, 0.25) is 0 Å². The fraction of sp³-hybridized carbons (Fsp3) is 0.688. The zero-order valence-corrected chi connectivity index (χ0v) is 14.0. The number of nitrogens with zero attached hydrogens (tertiary/aromatic N) is 3. The highest BCUT2D eigenvalue weighted by Crippen LogP contribution is 2.28. The van der Waals surface area contributed by atoms with Crippen LogP contribution < -0.4 is 5.56 Å². The van der Waals surface area contributed by atoms with Crippen molar-refractivity contribution in [2.24, 2.45) is 5.92 Å². The van der Waals surface area contributed by atoms with E-state index in [1.807, 2.05) is 27.7 Å². The van der Waals surface area contributed by atoms with Gasteiger partial charge in [-0.15, -0.1) is 0 Å². The molecule has 0 aliphatic rings. The number of hydrogen-bond acceptors (Lipinski definition) is 4. The molecule has 0 saturated heterocycles. The van der Waals surface area contributed by atoms with E-state index in [2.05, 4.69) is 30.9 Å². The van der Waals surface area contributed by atoms with Gasteiger partial charge in [0.15, 0.2) is 0 Å². The predicted molar refractivity (Wildman–Crippen MR) is 83.7 cm³/mol. The van der Waals surface area contributed by atoms with E-state index in [1.54, 1.807) is 4.57 Å². The minimum absolute atomic E-state index is 0.0452. The van der Waals surface area contributed by atoms with Crippen molar-refractivity contribution in [1.82, 2.24) is 14.7 Å². The summed E-state index contributed by atoms with van der Waals surface area (Å²) in [7, 11) is 0. The van der Waals surface area contributed by atoms with Gasteiger partial charge in [-0.1, -0.05) is 46.7 Å². The molecular weight excluding hydrogens is 266 g/mol. The van der Waals surface area contributed by atoms with Gasteiger partial charge in [0.05, 0.1) is 0 Å². The van der Waals surface area contributed by atoms with Crippen LogP contribution in [0.5, 0.6) is 0 Å². The summed E-state index contributed by atoms with van der Waals surface area (Å²) in [6, 6.07) is 0. The van der Waals surface area contributed by atoms with Gasteiger partial charge in [0.25, 0.3) is 11.3 Å². The topological polar surface area (TPSA) is 60.9 Å². The fourth-order valence-electron chi connectivity index (χ4n) is 2.42. The Kier molecular flexibility index (Phi) is 3.95. The van der Waals surface area contributed by atoms with E-state index in [0.29, 0.717) is 29.3 Å². The van der Waals surface area contributed by atoms with Crippen molar-refractivity contribution in [1.29, 1.82) is 0 Å². The SMILES string of the molecule is CCn1c(C(C)C(C)C)nc2onc(C(C)(C)C)c2c1=O. The zero-order chi connectivity index (χ0) is 15.9. The zero-order valence-electron chi connectivity index (χ0n) is 14.0. The molecule has 2 heterocycles. The first-order valence-corrected chi connectivity index (χ1v) is 7.59. The van der Waals surface area contributed by atoms with E-state index in [-0.39, 0.29) is 16.9 Å². The van der Waals surface area contributed by atoms with Crippen LogP contribution in [0.4, 0.5) is 0 Å². The van der Waals surface area contributed by atoms with Crippen molar-refractivity contribution < 1.29 is 4.52 Å². The first kappa shape index (κ1) is 15.7. The maximum Gasteiger partial charge on any atom is 0.266 e. The van der Waals surface area contributed by atoms with Crippen LogP contribution in [0.1, 0.15) is 65.9 Å². The van der Waals surface area contributed by atoms with Gasteiger partial charge in [0.1, 0.15) is 16.9 Å². The molecule has 0 saturated carbocycles. The van der Waals surface area contributed by atoms with Gasteiger partial charge in [-0.25, -0.2) is 0 Å². The van der Waals surface area contributed by atoms with Crippen LogP contribution in [-0.2, 0) is 12.0 Å². The molecular formula is C16H25N3O2. The Morgan fingerprint density at radius 1 is 1.24 bits per heavy atom. The lowest BCUT2D eigenvalue weighted by Crippen LogP contribution is -2.28. The molecule has 2 aromatic rings.